The second-order valence-electron chi connectivity index (χ2n) is 4.30. The van der Waals surface area contributed by atoms with E-state index in [9.17, 15) is 4.79 Å². The predicted molar refractivity (Wildman–Crippen MR) is 63.1 cm³/mol. The third-order valence-electron chi connectivity index (χ3n) is 2.96. The van der Waals surface area contributed by atoms with Crippen molar-refractivity contribution < 1.29 is 14.6 Å². The lowest BCUT2D eigenvalue weighted by Crippen LogP contribution is -2.20. The molecule has 0 aromatic carbocycles. The molecule has 1 fully saturated rings. The highest BCUT2D eigenvalue weighted by atomic mass is 16.5. The first-order valence-corrected chi connectivity index (χ1v) is 5.82. The quantitative estimate of drug-likeness (QED) is 0.839. The van der Waals surface area contributed by atoms with Gasteiger partial charge in [0.05, 0.1) is 11.3 Å². The molecule has 1 saturated carbocycles. The zero-order valence-corrected chi connectivity index (χ0v) is 9.56. The van der Waals surface area contributed by atoms with Crippen LogP contribution in [0.15, 0.2) is 12.3 Å². The Morgan fingerprint density at radius 2 is 2.12 bits per heavy atom. The van der Waals surface area contributed by atoms with E-state index in [4.69, 9.17) is 15.6 Å². The number of anilines is 1. The van der Waals surface area contributed by atoms with Crippen LogP contribution in [0.5, 0.6) is 5.88 Å². The number of aromatic nitrogens is 1. The standard InChI is InChI=1S/C12H16N2O3/c13-10-6-8(12(15)16)7-14-11(10)17-9-4-2-1-3-5-9/h6-7,9H,1-5,13H2,(H,15,16). The Bertz CT molecular complexity index is 414. The molecule has 0 spiro atoms. The summed E-state index contributed by atoms with van der Waals surface area (Å²) in [6, 6.07) is 1.38. The van der Waals surface area contributed by atoms with Crippen LogP contribution in [0.25, 0.3) is 0 Å². The lowest BCUT2D eigenvalue weighted by atomic mass is 9.98. The fraction of sp³-hybridized carbons (Fsp3) is 0.500. The number of carboxylic acids is 1. The largest absolute Gasteiger partial charge is 0.478 e. The molecule has 0 amide bonds. The molecule has 17 heavy (non-hydrogen) atoms. The van der Waals surface area contributed by atoms with E-state index >= 15 is 0 Å². The van der Waals surface area contributed by atoms with Gasteiger partial charge in [0.2, 0.25) is 5.88 Å². The highest BCUT2D eigenvalue weighted by molar-refractivity contribution is 5.88. The number of hydrogen-bond donors (Lipinski definition) is 2. The van der Waals surface area contributed by atoms with Crippen LogP contribution in [0.2, 0.25) is 0 Å². The number of nitrogens with two attached hydrogens (primary N) is 1. The number of ether oxygens (including phenoxy) is 1. The number of carbonyl (C=O) groups is 1. The first kappa shape index (κ1) is 11.7. The molecule has 92 valence electrons. The van der Waals surface area contributed by atoms with E-state index in [1.165, 1.54) is 18.7 Å². The molecular weight excluding hydrogens is 220 g/mol. The molecule has 0 bridgehead atoms. The van der Waals surface area contributed by atoms with Crippen LogP contribution in [-0.4, -0.2) is 22.2 Å². The molecule has 0 radical (unpaired) electrons. The zero-order chi connectivity index (χ0) is 12.3. The van der Waals surface area contributed by atoms with Gasteiger partial charge in [-0.2, -0.15) is 0 Å². The topological polar surface area (TPSA) is 85.4 Å². The molecule has 1 aromatic heterocycles. The molecule has 1 aromatic rings. The molecular formula is C12H16N2O3. The van der Waals surface area contributed by atoms with Crippen LogP contribution in [0.1, 0.15) is 42.5 Å². The maximum Gasteiger partial charge on any atom is 0.337 e. The van der Waals surface area contributed by atoms with Crippen molar-refractivity contribution in [2.45, 2.75) is 38.2 Å². The molecule has 1 aliphatic rings. The molecule has 0 saturated heterocycles. The Balaban J connectivity index is 2.08. The first-order chi connectivity index (χ1) is 8.16. The van der Waals surface area contributed by atoms with Gasteiger partial charge in [0.1, 0.15) is 6.10 Å². The molecule has 1 heterocycles. The predicted octanol–water partition coefficient (Wildman–Crippen LogP) is 2.07. The van der Waals surface area contributed by atoms with Crippen molar-refractivity contribution in [3.63, 3.8) is 0 Å². The molecule has 1 aliphatic carbocycles. The molecule has 2 rings (SSSR count). The van der Waals surface area contributed by atoms with Crippen molar-refractivity contribution >= 4 is 11.7 Å². The van der Waals surface area contributed by atoms with E-state index in [1.54, 1.807) is 0 Å². The fourth-order valence-corrected chi connectivity index (χ4v) is 2.03. The van der Waals surface area contributed by atoms with Crippen molar-refractivity contribution in [1.82, 2.24) is 4.98 Å². The van der Waals surface area contributed by atoms with Gasteiger partial charge in [0.15, 0.2) is 0 Å². The number of nitrogen functional groups attached to an aromatic ring is 1. The summed E-state index contributed by atoms with van der Waals surface area (Å²) in [4.78, 5) is 14.7. The lowest BCUT2D eigenvalue weighted by molar-refractivity contribution is 0.0696. The molecule has 0 unspecified atom stereocenters. The molecule has 0 atom stereocenters. The average molecular weight is 236 g/mol. The third kappa shape index (κ3) is 2.87. The van der Waals surface area contributed by atoms with Gasteiger partial charge < -0.3 is 15.6 Å². The van der Waals surface area contributed by atoms with E-state index in [-0.39, 0.29) is 17.4 Å². The summed E-state index contributed by atoms with van der Waals surface area (Å²) in [5.41, 5.74) is 6.09. The average Bonchev–Trinajstić information content (AvgIpc) is 2.33. The summed E-state index contributed by atoms with van der Waals surface area (Å²) in [7, 11) is 0. The number of pyridine rings is 1. The second-order valence-corrected chi connectivity index (χ2v) is 4.30. The van der Waals surface area contributed by atoms with Crippen molar-refractivity contribution in [2.75, 3.05) is 5.73 Å². The van der Waals surface area contributed by atoms with Crippen LogP contribution < -0.4 is 10.5 Å². The Hall–Kier alpha value is -1.78. The van der Waals surface area contributed by atoms with Gasteiger partial charge in [0, 0.05) is 6.20 Å². The van der Waals surface area contributed by atoms with Crippen LogP contribution >= 0.6 is 0 Å². The van der Waals surface area contributed by atoms with Crippen LogP contribution in [-0.2, 0) is 0 Å². The minimum Gasteiger partial charge on any atom is -0.478 e. The highest BCUT2D eigenvalue weighted by Gasteiger charge is 2.17. The summed E-state index contributed by atoms with van der Waals surface area (Å²) in [6.07, 6.45) is 7.05. The van der Waals surface area contributed by atoms with Gasteiger partial charge >= 0.3 is 5.97 Å². The number of rotatable bonds is 3. The first-order valence-electron chi connectivity index (χ1n) is 5.82. The van der Waals surface area contributed by atoms with Crippen LogP contribution in [0, 0.1) is 0 Å². The minimum atomic E-state index is -1.03. The molecule has 0 aliphatic heterocycles. The van der Waals surface area contributed by atoms with Gasteiger partial charge in [-0.1, -0.05) is 6.42 Å². The summed E-state index contributed by atoms with van der Waals surface area (Å²) in [5, 5.41) is 8.79. The van der Waals surface area contributed by atoms with E-state index in [0.29, 0.717) is 5.88 Å². The summed E-state index contributed by atoms with van der Waals surface area (Å²) in [5.74, 6) is -0.685. The molecule has 5 nitrogen and oxygen atoms in total. The normalized spacial score (nSPS) is 16.7. The maximum atomic E-state index is 10.7. The smallest absolute Gasteiger partial charge is 0.337 e. The summed E-state index contributed by atoms with van der Waals surface area (Å²) < 4.78 is 5.69. The van der Waals surface area contributed by atoms with Gasteiger partial charge in [-0.15, -0.1) is 0 Å². The summed E-state index contributed by atoms with van der Waals surface area (Å²) >= 11 is 0. The van der Waals surface area contributed by atoms with E-state index in [1.807, 2.05) is 0 Å². The van der Waals surface area contributed by atoms with E-state index < -0.39 is 5.97 Å². The Kier molecular flexibility index (Phi) is 3.46. The van der Waals surface area contributed by atoms with E-state index in [2.05, 4.69) is 4.98 Å². The second kappa shape index (κ2) is 5.03. The zero-order valence-electron chi connectivity index (χ0n) is 9.56. The summed E-state index contributed by atoms with van der Waals surface area (Å²) in [6.45, 7) is 0. The van der Waals surface area contributed by atoms with Crippen LogP contribution in [0.4, 0.5) is 5.69 Å². The lowest BCUT2D eigenvalue weighted by Gasteiger charge is -2.22. The SMILES string of the molecule is Nc1cc(C(=O)O)cnc1OC1CCCCC1. The van der Waals surface area contributed by atoms with Crippen LogP contribution in [0.3, 0.4) is 0 Å². The minimum absolute atomic E-state index is 0.0819. The monoisotopic (exact) mass is 236 g/mol. The van der Waals surface area contributed by atoms with Gasteiger partial charge in [-0.05, 0) is 31.7 Å². The number of nitrogens with zero attached hydrogens (tertiary/aromatic N) is 1. The van der Waals surface area contributed by atoms with Gasteiger partial charge in [-0.3, -0.25) is 0 Å². The van der Waals surface area contributed by atoms with Crippen molar-refractivity contribution in [2.24, 2.45) is 0 Å². The third-order valence-corrected chi connectivity index (χ3v) is 2.96. The van der Waals surface area contributed by atoms with Crippen molar-refractivity contribution in [3.8, 4) is 5.88 Å². The van der Waals surface area contributed by atoms with Crippen molar-refractivity contribution in [1.29, 1.82) is 0 Å². The highest BCUT2D eigenvalue weighted by Crippen LogP contribution is 2.26. The fourth-order valence-electron chi connectivity index (χ4n) is 2.03. The Morgan fingerprint density at radius 3 is 2.71 bits per heavy atom. The van der Waals surface area contributed by atoms with E-state index in [0.717, 1.165) is 25.7 Å². The maximum absolute atomic E-state index is 10.7. The van der Waals surface area contributed by atoms with Crippen molar-refractivity contribution in [3.05, 3.63) is 17.8 Å². The number of carboxylic acid groups (broad SMARTS) is 1. The Labute approximate surface area is 99.6 Å². The van der Waals surface area contributed by atoms with Gasteiger partial charge in [0.25, 0.3) is 0 Å². The number of aromatic carboxylic acids is 1. The van der Waals surface area contributed by atoms with Gasteiger partial charge in [-0.25, -0.2) is 9.78 Å². The molecule has 5 heteroatoms. The Morgan fingerprint density at radius 1 is 1.41 bits per heavy atom. The molecule has 3 N–H and O–H groups in total. The number of hydrogen-bond acceptors (Lipinski definition) is 4.